The van der Waals surface area contributed by atoms with Crippen LogP contribution in [-0.4, -0.2) is 42.2 Å². The van der Waals surface area contributed by atoms with Gasteiger partial charge in [0.1, 0.15) is 12.4 Å². The minimum absolute atomic E-state index is 0.250. The number of carboxylic acid groups (broad SMARTS) is 1. The highest BCUT2D eigenvalue weighted by atomic mass is 16.5. The molecule has 0 aliphatic heterocycles. The van der Waals surface area contributed by atoms with E-state index in [4.69, 9.17) is 4.74 Å². The quantitative estimate of drug-likeness (QED) is 0.553. The summed E-state index contributed by atoms with van der Waals surface area (Å²) in [5.74, 6) is -0.256. The molecule has 0 aromatic heterocycles. The van der Waals surface area contributed by atoms with E-state index in [-0.39, 0.29) is 5.57 Å². The second-order valence-corrected chi connectivity index (χ2v) is 5.64. The Morgan fingerprint density at radius 1 is 1.04 bits per heavy atom. The number of para-hydroxylation sites is 1. The first-order valence-corrected chi connectivity index (χ1v) is 8.60. The largest absolute Gasteiger partial charge is 0.492 e. The monoisotopic (exact) mass is 339 g/mol. The van der Waals surface area contributed by atoms with E-state index in [9.17, 15) is 9.90 Å². The van der Waals surface area contributed by atoms with E-state index in [2.05, 4.69) is 18.7 Å². The van der Waals surface area contributed by atoms with Crippen LogP contribution in [-0.2, 0) is 4.79 Å². The molecular weight excluding hydrogens is 314 g/mol. The fourth-order valence-corrected chi connectivity index (χ4v) is 2.60. The maximum Gasteiger partial charge on any atom is 0.336 e. The molecule has 0 spiro atoms. The SMILES string of the molecule is CCN(CC)CCOc1ccccc1/C=C(\C(=O)O)c1ccccc1. The molecule has 2 aromatic rings. The number of rotatable bonds is 9. The summed E-state index contributed by atoms with van der Waals surface area (Å²) in [5.41, 5.74) is 1.69. The lowest BCUT2D eigenvalue weighted by Gasteiger charge is -2.18. The lowest BCUT2D eigenvalue weighted by Crippen LogP contribution is -2.28. The molecule has 0 aliphatic rings. The molecule has 0 aliphatic carbocycles. The number of likely N-dealkylation sites (N-methyl/N-ethyl adjacent to an activating group) is 1. The predicted octanol–water partition coefficient (Wildman–Crippen LogP) is 4.03. The molecule has 0 amide bonds. The second-order valence-electron chi connectivity index (χ2n) is 5.64. The molecule has 4 heteroatoms. The summed E-state index contributed by atoms with van der Waals surface area (Å²) >= 11 is 0. The van der Waals surface area contributed by atoms with Gasteiger partial charge < -0.3 is 14.7 Å². The summed E-state index contributed by atoms with van der Waals surface area (Å²) in [6.45, 7) is 7.63. The van der Waals surface area contributed by atoms with E-state index in [0.717, 1.165) is 25.2 Å². The summed E-state index contributed by atoms with van der Waals surface area (Å²) in [6, 6.07) is 16.6. The van der Waals surface area contributed by atoms with Crippen LogP contribution in [0.2, 0.25) is 0 Å². The highest BCUT2D eigenvalue weighted by Gasteiger charge is 2.12. The first kappa shape index (κ1) is 18.7. The molecule has 4 nitrogen and oxygen atoms in total. The van der Waals surface area contributed by atoms with Crippen molar-refractivity contribution in [2.45, 2.75) is 13.8 Å². The fourth-order valence-electron chi connectivity index (χ4n) is 2.60. The van der Waals surface area contributed by atoms with Crippen LogP contribution in [0.25, 0.3) is 11.6 Å². The van der Waals surface area contributed by atoms with Gasteiger partial charge in [0.15, 0.2) is 0 Å². The van der Waals surface area contributed by atoms with Crippen molar-refractivity contribution in [2.75, 3.05) is 26.2 Å². The minimum Gasteiger partial charge on any atom is -0.492 e. The molecule has 0 radical (unpaired) electrons. The molecule has 0 saturated carbocycles. The van der Waals surface area contributed by atoms with Crippen LogP contribution in [0.4, 0.5) is 0 Å². The molecule has 0 bridgehead atoms. The summed E-state index contributed by atoms with van der Waals surface area (Å²) < 4.78 is 5.91. The maximum atomic E-state index is 11.7. The predicted molar refractivity (Wildman–Crippen MR) is 102 cm³/mol. The van der Waals surface area contributed by atoms with Crippen molar-refractivity contribution < 1.29 is 14.6 Å². The number of carbonyl (C=O) groups is 1. The van der Waals surface area contributed by atoms with E-state index in [1.807, 2.05) is 42.5 Å². The van der Waals surface area contributed by atoms with Gasteiger partial charge in [-0.25, -0.2) is 4.79 Å². The molecule has 2 rings (SSSR count). The van der Waals surface area contributed by atoms with E-state index < -0.39 is 5.97 Å². The molecule has 132 valence electrons. The second kappa shape index (κ2) is 9.64. The smallest absolute Gasteiger partial charge is 0.336 e. The molecule has 1 N–H and O–H groups in total. The first-order chi connectivity index (χ1) is 12.2. The summed E-state index contributed by atoms with van der Waals surface area (Å²) in [7, 11) is 0. The van der Waals surface area contributed by atoms with Crippen molar-refractivity contribution in [2.24, 2.45) is 0 Å². The number of nitrogens with zero attached hydrogens (tertiary/aromatic N) is 1. The Morgan fingerprint density at radius 2 is 1.68 bits per heavy atom. The van der Waals surface area contributed by atoms with Crippen molar-refractivity contribution in [1.82, 2.24) is 4.90 Å². The summed E-state index contributed by atoms with van der Waals surface area (Å²) in [5, 5.41) is 9.58. The average Bonchev–Trinajstić information content (AvgIpc) is 2.64. The van der Waals surface area contributed by atoms with Gasteiger partial charge in [-0.1, -0.05) is 62.4 Å². The van der Waals surface area contributed by atoms with Gasteiger partial charge in [0.05, 0.1) is 5.57 Å². The zero-order valence-corrected chi connectivity index (χ0v) is 14.8. The van der Waals surface area contributed by atoms with Crippen LogP contribution in [0.1, 0.15) is 25.0 Å². The Bertz CT molecular complexity index is 706. The number of ether oxygens (including phenoxy) is 1. The molecule has 25 heavy (non-hydrogen) atoms. The molecule has 0 heterocycles. The van der Waals surface area contributed by atoms with Gasteiger partial charge in [0, 0.05) is 12.1 Å². The third-order valence-corrected chi connectivity index (χ3v) is 4.09. The topological polar surface area (TPSA) is 49.8 Å². The van der Waals surface area contributed by atoms with E-state index in [1.54, 1.807) is 18.2 Å². The van der Waals surface area contributed by atoms with Crippen molar-refractivity contribution in [1.29, 1.82) is 0 Å². The molecule has 2 aromatic carbocycles. The fraction of sp³-hybridized carbons (Fsp3) is 0.286. The highest BCUT2D eigenvalue weighted by molar-refractivity contribution is 6.20. The van der Waals surface area contributed by atoms with E-state index in [1.165, 1.54) is 0 Å². The van der Waals surface area contributed by atoms with Gasteiger partial charge in [0.25, 0.3) is 0 Å². The Balaban J connectivity index is 2.22. The molecule has 0 atom stereocenters. The van der Waals surface area contributed by atoms with Crippen LogP contribution in [0.3, 0.4) is 0 Å². The Hall–Kier alpha value is -2.59. The van der Waals surface area contributed by atoms with E-state index in [0.29, 0.717) is 17.9 Å². The number of hydrogen-bond acceptors (Lipinski definition) is 3. The number of aliphatic carboxylic acids is 1. The number of benzene rings is 2. The van der Waals surface area contributed by atoms with Crippen LogP contribution < -0.4 is 4.74 Å². The number of carboxylic acids is 1. The standard InChI is InChI=1S/C21H25NO3/c1-3-22(4-2)14-15-25-20-13-9-8-12-18(20)16-19(21(23)24)17-10-6-5-7-11-17/h5-13,16H,3-4,14-15H2,1-2H3,(H,23,24)/b19-16-. The highest BCUT2D eigenvalue weighted by Crippen LogP contribution is 2.25. The van der Waals surface area contributed by atoms with Gasteiger partial charge in [-0.2, -0.15) is 0 Å². The van der Waals surface area contributed by atoms with Gasteiger partial charge >= 0.3 is 5.97 Å². The molecule has 0 saturated heterocycles. The average molecular weight is 339 g/mol. The van der Waals surface area contributed by atoms with Crippen LogP contribution >= 0.6 is 0 Å². The van der Waals surface area contributed by atoms with Gasteiger partial charge in [-0.3, -0.25) is 0 Å². The van der Waals surface area contributed by atoms with Crippen LogP contribution in [0.5, 0.6) is 5.75 Å². The summed E-state index contributed by atoms with van der Waals surface area (Å²) in [4.78, 5) is 14.0. The first-order valence-electron chi connectivity index (χ1n) is 8.60. The van der Waals surface area contributed by atoms with Gasteiger partial charge in [-0.05, 0) is 30.8 Å². The summed E-state index contributed by atoms with van der Waals surface area (Å²) in [6.07, 6.45) is 1.67. The lowest BCUT2D eigenvalue weighted by molar-refractivity contribution is -0.130. The Labute approximate surface area is 149 Å². The van der Waals surface area contributed by atoms with Crippen LogP contribution in [0.15, 0.2) is 54.6 Å². The lowest BCUT2D eigenvalue weighted by atomic mass is 10.0. The van der Waals surface area contributed by atoms with Crippen molar-refractivity contribution in [3.8, 4) is 5.75 Å². The molecule has 0 unspecified atom stereocenters. The molecular formula is C21H25NO3. The maximum absolute atomic E-state index is 11.7. The third kappa shape index (κ3) is 5.47. The van der Waals surface area contributed by atoms with Gasteiger partial charge in [-0.15, -0.1) is 0 Å². The Kier molecular flexibility index (Phi) is 7.23. The van der Waals surface area contributed by atoms with Crippen LogP contribution in [0, 0.1) is 0 Å². The Morgan fingerprint density at radius 3 is 2.32 bits per heavy atom. The zero-order valence-electron chi connectivity index (χ0n) is 14.8. The third-order valence-electron chi connectivity index (χ3n) is 4.09. The van der Waals surface area contributed by atoms with Gasteiger partial charge in [0.2, 0.25) is 0 Å². The normalized spacial score (nSPS) is 11.6. The van der Waals surface area contributed by atoms with Crippen molar-refractivity contribution in [3.63, 3.8) is 0 Å². The molecule has 0 fully saturated rings. The number of hydrogen-bond donors (Lipinski definition) is 1. The van der Waals surface area contributed by atoms with Crippen molar-refractivity contribution in [3.05, 3.63) is 65.7 Å². The zero-order chi connectivity index (χ0) is 18.1. The van der Waals surface area contributed by atoms with E-state index >= 15 is 0 Å². The minimum atomic E-state index is -0.954. The van der Waals surface area contributed by atoms with Crippen molar-refractivity contribution >= 4 is 17.6 Å².